The average molecular weight is 368 g/mol. The Bertz CT molecular complexity index is 844. The van der Waals surface area contributed by atoms with Gasteiger partial charge in [-0.25, -0.2) is 17.9 Å². The number of amides is 1. The maximum atomic E-state index is 12.4. The molecule has 3 heterocycles. The van der Waals surface area contributed by atoms with E-state index in [1.165, 1.54) is 10.1 Å². The van der Waals surface area contributed by atoms with E-state index < -0.39 is 9.84 Å². The van der Waals surface area contributed by atoms with Crippen LogP contribution in [0.3, 0.4) is 0 Å². The molecule has 1 amide bonds. The first-order chi connectivity index (χ1) is 11.8. The van der Waals surface area contributed by atoms with Gasteiger partial charge in [0, 0.05) is 50.3 Å². The number of carbonyl (C=O) groups is 1. The smallest absolute Gasteiger partial charge is 0.343 e. The van der Waals surface area contributed by atoms with Crippen molar-refractivity contribution < 1.29 is 13.2 Å². The van der Waals surface area contributed by atoms with Gasteiger partial charge in [-0.3, -0.25) is 9.36 Å². The van der Waals surface area contributed by atoms with Crippen molar-refractivity contribution in [2.75, 3.05) is 18.8 Å². The molecule has 2 aliphatic heterocycles. The molecule has 8 nitrogen and oxygen atoms in total. The van der Waals surface area contributed by atoms with Gasteiger partial charge in [0.15, 0.2) is 9.84 Å². The highest BCUT2D eigenvalue weighted by atomic mass is 32.2. The number of piperidine rings is 1. The van der Waals surface area contributed by atoms with Crippen LogP contribution in [0.5, 0.6) is 0 Å². The summed E-state index contributed by atoms with van der Waals surface area (Å²) in [7, 11) is -1.47. The Morgan fingerprint density at radius 3 is 2.56 bits per heavy atom. The quantitative estimate of drug-likeness (QED) is 0.760. The third-order valence-corrected chi connectivity index (χ3v) is 6.47. The van der Waals surface area contributed by atoms with Crippen LogP contribution in [-0.2, 0) is 28.2 Å². The summed E-state index contributed by atoms with van der Waals surface area (Å²) < 4.78 is 25.9. The van der Waals surface area contributed by atoms with Gasteiger partial charge in [0.2, 0.25) is 5.91 Å². The van der Waals surface area contributed by atoms with Crippen LogP contribution in [0.15, 0.2) is 16.3 Å². The molecular formula is C16H24N4O4S. The Morgan fingerprint density at radius 2 is 2.00 bits per heavy atom. The summed E-state index contributed by atoms with van der Waals surface area (Å²) in [5.41, 5.74) is -0.106. The van der Waals surface area contributed by atoms with E-state index in [-0.39, 0.29) is 35.6 Å². The Morgan fingerprint density at radius 1 is 1.32 bits per heavy atom. The van der Waals surface area contributed by atoms with Gasteiger partial charge < -0.3 is 4.90 Å². The van der Waals surface area contributed by atoms with Crippen molar-refractivity contribution in [3.05, 3.63) is 27.8 Å². The van der Waals surface area contributed by atoms with Crippen molar-refractivity contribution in [2.45, 2.75) is 38.6 Å². The fourth-order valence-electron chi connectivity index (χ4n) is 3.63. The maximum Gasteiger partial charge on any atom is 0.345 e. The number of aromatic nitrogens is 3. The first-order valence-corrected chi connectivity index (χ1v) is 10.3. The fraction of sp³-hybridized carbons (Fsp3) is 0.688. The molecule has 0 aromatic carbocycles. The van der Waals surface area contributed by atoms with Crippen LogP contribution in [-0.4, -0.2) is 52.4 Å². The topological polar surface area (TPSA) is 94.3 Å². The van der Waals surface area contributed by atoms with Gasteiger partial charge >= 0.3 is 5.69 Å². The molecule has 1 atom stereocenters. The number of aryl methyl sites for hydroxylation is 1. The molecule has 0 bridgehead atoms. The maximum absolute atomic E-state index is 12.4. The summed E-state index contributed by atoms with van der Waals surface area (Å²) >= 11 is 0. The second-order valence-electron chi connectivity index (χ2n) is 6.79. The highest BCUT2D eigenvalue weighted by Crippen LogP contribution is 2.27. The Labute approximate surface area is 147 Å². The molecule has 0 spiro atoms. The first kappa shape index (κ1) is 17.9. The molecular weight excluding hydrogens is 344 g/mol. The normalized spacial score (nSPS) is 23.3. The minimum absolute atomic E-state index is 0.000831. The average Bonchev–Trinajstić information content (AvgIpc) is 3.06. The fourth-order valence-corrected chi connectivity index (χ4v) is 5.03. The Hall–Kier alpha value is -1.90. The zero-order chi connectivity index (χ0) is 18.2. The van der Waals surface area contributed by atoms with Crippen molar-refractivity contribution in [1.29, 1.82) is 0 Å². The first-order valence-electron chi connectivity index (χ1n) is 8.63. The van der Waals surface area contributed by atoms with Crippen LogP contribution >= 0.6 is 0 Å². The third kappa shape index (κ3) is 3.70. The lowest BCUT2D eigenvalue weighted by atomic mass is 9.95. The monoisotopic (exact) mass is 368 g/mol. The van der Waals surface area contributed by atoms with E-state index in [4.69, 9.17) is 0 Å². The van der Waals surface area contributed by atoms with E-state index in [1.54, 1.807) is 22.6 Å². The van der Waals surface area contributed by atoms with E-state index in [1.807, 2.05) is 6.92 Å². The zero-order valence-electron chi connectivity index (χ0n) is 14.6. The molecule has 1 fully saturated rings. The van der Waals surface area contributed by atoms with Gasteiger partial charge in [0.1, 0.15) is 5.82 Å². The van der Waals surface area contributed by atoms with Crippen LogP contribution in [0.2, 0.25) is 0 Å². The number of hydrogen-bond acceptors (Lipinski definition) is 5. The van der Waals surface area contributed by atoms with Crippen LogP contribution in [0, 0.1) is 5.92 Å². The molecule has 0 N–H and O–H groups in total. The molecule has 0 aliphatic carbocycles. The van der Waals surface area contributed by atoms with Crippen LogP contribution in [0.4, 0.5) is 0 Å². The molecule has 138 valence electrons. The predicted octanol–water partition coefficient (Wildman–Crippen LogP) is 0.256. The molecule has 1 aromatic rings. The van der Waals surface area contributed by atoms with Crippen molar-refractivity contribution in [2.24, 2.45) is 13.0 Å². The van der Waals surface area contributed by atoms with Crippen molar-refractivity contribution in [1.82, 2.24) is 19.2 Å². The molecule has 1 saturated heterocycles. The Balaban J connectivity index is 1.59. The number of carbonyl (C=O) groups excluding carboxylic acids is 1. The van der Waals surface area contributed by atoms with Gasteiger partial charge in [0.05, 0.1) is 5.75 Å². The highest BCUT2D eigenvalue weighted by molar-refractivity contribution is 7.94. The minimum atomic E-state index is -3.12. The van der Waals surface area contributed by atoms with Crippen LogP contribution in [0.1, 0.15) is 37.9 Å². The summed E-state index contributed by atoms with van der Waals surface area (Å²) in [5, 5.41) is 5.57. The summed E-state index contributed by atoms with van der Waals surface area (Å²) in [6.45, 7) is 3.74. The summed E-state index contributed by atoms with van der Waals surface area (Å²) in [5.74, 6) is 0.790. The second-order valence-corrected chi connectivity index (χ2v) is 8.72. The third-order valence-electron chi connectivity index (χ3n) is 5.01. The number of nitrogens with zero attached hydrogens (tertiary/aromatic N) is 4. The lowest BCUT2D eigenvalue weighted by molar-refractivity contribution is -0.132. The minimum Gasteiger partial charge on any atom is -0.343 e. The van der Waals surface area contributed by atoms with Crippen molar-refractivity contribution in [3.63, 3.8) is 0 Å². The lowest BCUT2D eigenvalue weighted by Gasteiger charge is -2.32. The standard InChI is InChI=1S/C16H24N4O4S/c1-3-20-15(17-18(2)16(20)22)13-4-7-19(8-5-13)14(21)10-12-6-9-25(23,24)11-12/h6,9,12-13H,3-5,7-8,10-11H2,1-2H3/t12-/m1/s1. The van der Waals surface area contributed by atoms with Crippen LogP contribution < -0.4 is 5.69 Å². The molecule has 0 radical (unpaired) electrons. The van der Waals surface area contributed by atoms with Gasteiger partial charge in [-0.1, -0.05) is 6.08 Å². The van der Waals surface area contributed by atoms with E-state index in [9.17, 15) is 18.0 Å². The molecule has 9 heteroatoms. The van der Waals surface area contributed by atoms with Crippen molar-refractivity contribution in [3.8, 4) is 0 Å². The number of hydrogen-bond donors (Lipinski definition) is 0. The van der Waals surface area contributed by atoms with Gasteiger partial charge in [-0.15, -0.1) is 0 Å². The molecule has 0 unspecified atom stereocenters. The number of likely N-dealkylation sites (tertiary alicyclic amines) is 1. The molecule has 25 heavy (non-hydrogen) atoms. The molecule has 3 rings (SSSR count). The van der Waals surface area contributed by atoms with Crippen molar-refractivity contribution >= 4 is 15.7 Å². The number of allylic oxidation sites excluding steroid dienone is 1. The van der Waals surface area contributed by atoms with Gasteiger partial charge in [-0.05, 0) is 19.8 Å². The second kappa shape index (κ2) is 6.78. The summed E-state index contributed by atoms with van der Waals surface area (Å²) in [4.78, 5) is 26.2. The Kier molecular flexibility index (Phi) is 4.86. The molecule has 2 aliphatic rings. The highest BCUT2D eigenvalue weighted by Gasteiger charge is 2.30. The summed E-state index contributed by atoms with van der Waals surface area (Å²) in [6, 6.07) is 0. The summed E-state index contributed by atoms with van der Waals surface area (Å²) in [6.07, 6.45) is 3.39. The number of sulfone groups is 1. The predicted molar refractivity (Wildman–Crippen MR) is 92.7 cm³/mol. The van der Waals surface area contributed by atoms with Crippen LogP contribution in [0.25, 0.3) is 0 Å². The zero-order valence-corrected chi connectivity index (χ0v) is 15.4. The van der Waals surface area contributed by atoms with E-state index in [0.29, 0.717) is 19.6 Å². The van der Waals surface area contributed by atoms with E-state index >= 15 is 0 Å². The van der Waals surface area contributed by atoms with E-state index in [0.717, 1.165) is 18.7 Å². The van der Waals surface area contributed by atoms with Gasteiger partial charge in [0.25, 0.3) is 0 Å². The lowest BCUT2D eigenvalue weighted by Crippen LogP contribution is -2.39. The SMILES string of the molecule is CCn1c(C2CCN(C(=O)C[C@H]3C=CS(=O)(=O)C3)CC2)nn(C)c1=O. The molecule has 1 aromatic heterocycles. The molecule has 0 saturated carbocycles. The largest absolute Gasteiger partial charge is 0.345 e. The van der Waals surface area contributed by atoms with Gasteiger partial charge in [-0.2, -0.15) is 5.10 Å². The number of rotatable bonds is 4. The van der Waals surface area contributed by atoms with E-state index in [2.05, 4.69) is 5.10 Å².